The molecule has 5 heteroatoms. The maximum Gasteiger partial charge on any atom is 0.120 e. The van der Waals surface area contributed by atoms with Gasteiger partial charge < -0.3 is 9.40 Å². The Hall–Kier alpha value is -3.05. The Morgan fingerprint density at radius 2 is 1.63 bits per heavy atom. The number of benzene rings is 3. The van der Waals surface area contributed by atoms with Gasteiger partial charge in [0.05, 0.1) is 5.58 Å². The Morgan fingerprint density at radius 1 is 0.848 bits per heavy atom. The molecule has 6 aromatic rings. The fourth-order valence-corrected chi connectivity index (χ4v) is 9.98. The molecule has 1 aliphatic rings. The first-order chi connectivity index (χ1) is 21.8. The Balaban J connectivity index is 0.000000182. The third-order valence-electron chi connectivity index (χ3n) is 8.83. The molecule has 1 fully saturated rings. The van der Waals surface area contributed by atoms with Gasteiger partial charge in [-0.3, -0.25) is 0 Å². The zero-order valence-corrected chi connectivity index (χ0v) is 32.2. The standard InChI is InChI=1S/C23H20NO.C18H24GeN.Ir/c1-2-7-16(6-1)14-17-12-13-24-21(15-17)20-10-5-9-19-18-8-3-4-11-22(18)25-23(19)20;1-14(2)11-16-12-18(15-9-7-6-8-10-15)20-13-17(16)19(3,4)5;/h3-5,8-9,11-13,15-16H,1-2,6-7,14H2;6-9,12-14H,11H2,1-5H3;/q2*-1;. The van der Waals surface area contributed by atoms with E-state index in [4.69, 9.17) is 9.40 Å². The summed E-state index contributed by atoms with van der Waals surface area (Å²) in [6.45, 7) is 4.57. The van der Waals surface area contributed by atoms with Crippen molar-refractivity contribution in [1.29, 1.82) is 0 Å². The monoisotopic (exact) mass is 847 g/mol. The molecule has 7 rings (SSSR count). The SMILES string of the molecule is CC(C)Cc1cc(-c2[c-]cccc2)nc[c]1[Ge]([CH3])([CH3])[CH3].[Ir].[c-]1ccc2c(oc3ccccc32)c1-c1cc(CC2CCCC2)ccn1. The maximum absolute atomic E-state index is 6.14. The van der Waals surface area contributed by atoms with Crippen LogP contribution in [-0.2, 0) is 32.9 Å². The first-order valence-corrected chi connectivity index (χ1v) is 23.8. The number of aromatic nitrogens is 2. The van der Waals surface area contributed by atoms with Gasteiger partial charge in [0.1, 0.15) is 5.58 Å². The van der Waals surface area contributed by atoms with Crippen molar-refractivity contribution in [2.75, 3.05) is 0 Å². The van der Waals surface area contributed by atoms with E-state index >= 15 is 0 Å². The van der Waals surface area contributed by atoms with E-state index < -0.39 is 13.3 Å². The molecular formula is C41H44GeIrN2O-2. The van der Waals surface area contributed by atoms with E-state index in [2.05, 4.69) is 90.8 Å². The van der Waals surface area contributed by atoms with Crippen LogP contribution in [0.15, 0.2) is 95.7 Å². The van der Waals surface area contributed by atoms with Gasteiger partial charge in [-0.2, -0.15) is 0 Å². The summed E-state index contributed by atoms with van der Waals surface area (Å²) in [4.78, 5) is 9.31. The molecule has 0 aliphatic heterocycles. The largest absolute Gasteiger partial charge is 0.501 e. The van der Waals surface area contributed by atoms with Crippen molar-refractivity contribution in [2.45, 2.75) is 69.6 Å². The fraction of sp³-hybridized carbons (Fsp3) is 0.317. The topological polar surface area (TPSA) is 38.9 Å². The van der Waals surface area contributed by atoms with E-state index in [0.29, 0.717) is 5.92 Å². The second kappa shape index (κ2) is 15.2. The van der Waals surface area contributed by atoms with Crippen molar-refractivity contribution in [3.8, 4) is 22.5 Å². The van der Waals surface area contributed by atoms with Crippen molar-refractivity contribution in [3.63, 3.8) is 0 Å². The van der Waals surface area contributed by atoms with Crippen LogP contribution in [0, 0.1) is 24.0 Å². The van der Waals surface area contributed by atoms with Crippen molar-refractivity contribution >= 4 is 39.6 Å². The molecule has 0 amide bonds. The summed E-state index contributed by atoms with van der Waals surface area (Å²) in [5.74, 6) is 8.83. The van der Waals surface area contributed by atoms with Crippen molar-refractivity contribution in [2.24, 2.45) is 11.8 Å². The van der Waals surface area contributed by atoms with Crippen LogP contribution in [0.4, 0.5) is 0 Å². The molecule has 0 unspecified atom stereocenters. The zero-order chi connectivity index (χ0) is 31.4. The first kappa shape index (κ1) is 34.3. The summed E-state index contributed by atoms with van der Waals surface area (Å²) >= 11 is -1.86. The molecule has 0 saturated heterocycles. The summed E-state index contributed by atoms with van der Waals surface area (Å²) < 4.78 is 7.68. The number of fused-ring (bicyclic) bond motifs is 3. The fourth-order valence-electron chi connectivity index (χ4n) is 6.65. The van der Waals surface area contributed by atoms with E-state index in [0.717, 1.165) is 63.2 Å². The van der Waals surface area contributed by atoms with Crippen LogP contribution in [0.25, 0.3) is 44.5 Å². The summed E-state index contributed by atoms with van der Waals surface area (Å²) in [6.07, 6.45) is 11.9. The van der Waals surface area contributed by atoms with E-state index in [1.807, 2.05) is 48.7 Å². The molecule has 0 bridgehead atoms. The summed E-state index contributed by atoms with van der Waals surface area (Å²) in [7, 11) is 0. The van der Waals surface area contributed by atoms with Crippen molar-refractivity contribution in [3.05, 3.63) is 115 Å². The summed E-state index contributed by atoms with van der Waals surface area (Å²) in [6, 6.07) is 33.6. The van der Waals surface area contributed by atoms with E-state index in [1.54, 1.807) is 4.40 Å². The van der Waals surface area contributed by atoms with Gasteiger partial charge in [0.25, 0.3) is 0 Å². The van der Waals surface area contributed by atoms with E-state index in [1.165, 1.54) is 36.8 Å². The molecule has 3 nitrogen and oxygen atoms in total. The molecule has 1 saturated carbocycles. The van der Waals surface area contributed by atoms with Gasteiger partial charge in [0.15, 0.2) is 0 Å². The summed E-state index contributed by atoms with van der Waals surface area (Å²) in [5.41, 5.74) is 8.73. The zero-order valence-electron chi connectivity index (χ0n) is 27.7. The van der Waals surface area contributed by atoms with Crippen LogP contribution in [-0.4, -0.2) is 23.2 Å². The molecule has 239 valence electrons. The number of nitrogens with zero attached hydrogens (tertiary/aromatic N) is 2. The Kier molecular flexibility index (Phi) is 11.4. The van der Waals surface area contributed by atoms with Crippen molar-refractivity contribution < 1.29 is 24.5 Å². The van der Waals surface area contributed by atoms with E-state index in [-0.39, 0.29) is 20.1 Å². The molecule has 46 heavy (non-hydrogen) atoms. The smallest absolute Gasteiger partial charge is 0.120 e. The van der Waals surface area contributed by atoms with Gasteiger partial charge in [-0.25, -0.2) is 0 Å². The Morgan fingerprint density at radius 3 is 2.37 bits per heavy atom. The van der Waals surface area contributed by atoms with Crippen LogP contribution in [0.2, 0.25) is 17.3 Å². The number of furan rings is 1. The van der Waals surface area contributed by atoms with Gasteiger partial charge in [-0.05, 0) is 30.2 Å². The summed E-state index contributed by atoms with van der Waals surface area (Å²) in [5, 5.41) is 2.28. The number of pyridine rings is 2. The number of hydrogen-bond donors (Lipinski definition) is 0. The van der Waals surface area contributed by atoms with Crippen LogP contribution in [0.3, 0.4) is 0 Å². The minimum Gasteiger partial charge on any atom is -0.501 e. The van der Waals surface area contributed by atoms with Crippen LogP contribution in [0.1, 0.15) is 50.7 Å². The normalized spacial score (nSPS) is 13.5. The molecule has 1 radical (unpaired) electrons. The van der Waals surface area contributed by atoms with E-state index in [9.17, 15) is 0 Å². The second-order valence-corrected chi connectivity index (χ2v) is 24.5. The van der Waals surface area contributed by atoms with Crippen LogP contribution < -0.4 is 4.40 Å². The molecule has 0 atom stereocenters. The van der Waals surface area contributed by atoms with Crippen LogP contribution in [0.5, 0.6) is 0 Å². The minimum atomic E-state index is -1.86. The molecule has 0 N–H and O–H groups in total. The molecule has 0 spiro atoms. The Labute approximate surface area is 291 Å². The number of rotatable bonds is 7. The van der Waals surface area contributed by atoms with Crippen LogP contribution >= 0.6 is 0 Å². The average molecular weight is 846 g/mol. The molecule has 1 aliphatic carbocycles. The minimum absolute atomic E-state index is 0. The molecular weight excluding hydrogens is 801 g/mol. The predicted molar refractivity (Wildman–Crippen MR) is 191 cm³/mol. The molecule has 3 heterocycles. The maximum atomic E-state index is 6.14. The average Bonchev–Trinajstić information content (AvgIpc) is 3.69. The second-order valence-electron chi connectivity index (χ2n) is 13.9. The van der Waals surface area contributed by atoms with Gasteiger partial charge in [-0.1, -0.05) is 66.5 Å². The Bertz CT molecular complexity index is 1880. The van der Waals surface area contributed by atoms with Gasteiger partial charge in [0.2, 0.25) is 0 Å². The number of hydrogen-bond acceptors (Lipinski definition) is 3. The third kappa shape index (κ3) is 8.08. The molecule has 3 aromatic heterocycles. The predicted octanol–water partition coefficient (Wildman–Crippen LogP) is 10.5. The van der Waals surface area contributed by atoms with Gasteiger partial charge in [-0.15, -0.1) is 18.2 Å². The quantitative estimate of drug-likeness (QED) is 0.119. The molecule has 3 aromatic carbocycles. The van der Waals surface area contributed by atoms with Gasteiger partial charge >= 0.3 is 126 Å². The van der Waals surface area contributed by atoms with Crippen molar-refractivity contribution in [1.82, 2.24) is 9.97 Å². The first-order valence-electron chi connectivity index (χ1n) is 16.5. The van der Waals surface area contributed by atoms with Gasteiger partial charge in [0, 0.05) is 31.7 Å². The third-order valence-corrected chi connectivity index (χ3v) is 13.2. The number of para-hydroxylation sites is 1.